The number of nitrogens with one attached hydrogen (secondary N) is 1. The maximum atomic E-state index is 12.2. The van der Waals surface area contributed by atoms with Crippen molar-refractivity contribution in [1.29, 1.82) is 0 Å². The molecule has 5 heteroatoms. The van der Waals surface area contributed by atoms with E-state index in [1.54, 1.807) is 7.11 Å². The second kappa shape index (κ2) is 6.65. The van der Waals surface area contributed by atoms with Crippen molar-refractivity contribution in [1.82, 2.24) is 5.32 Å². The number of hydrogen-bond acceptors (Lipinski definition) is 3. The standard InChI is InChI=1S/C18H29NO3Si/c1-18(2,3)23(5,6)22-12-15-9-13-7-8-16(21-4)10-14(13)11-17(20)19-15/h7-8,10,15H,9,11-12H2,1-6H3,(H,19,20)/t15-/m0/s1. The number of methoxy groups -OCH3 is 1. The van der Waals surface area contributed by atoms with Crippen LogP contribution in [0.3, 0.4) is 0 Å². The molecule has 0 aliphatic carbocycles. The molecule has 1 atom stereocenters. The van der Waals surface area contributed by atoms with Crippen molar-refractivity contribution in [2.24, 2.45) is 0 Å². The van der Waals surface area contributed by atoms with Gasteiger partial charge in [-0.15, -0.1) is 0 Å². The van der Waals surface area contributed by atoms with E-state index >= 15 is 0 Å². The predicted octanol–water partition coefficient (Wildman–Crippen LogP) is 3.30. The van der Waals surface area contributed by atoms with Gasteiger partial charge in [0.25, 0.3) is 0 Å². The third-order valence-electron chi connectivity index (χ3n) is 5.05. The zero-order valence-corrected chi connectivity index (χ0v) is 16.2. The van der Waals surface area contributed by atoms with Gasteiger partial charge in [0, 0.05) is 0 Å². The zero-order valence-electron chi connectivity index (χ0n) is 15.2. The number of carbonyl (C=O) groups excluding carboxylic acids is 1. The molecule has 0 spiro atoms. The molecule has 1 aromatic rings. The van der Waals surface area contributed by atoms with Crippen molar-refractivity contribution >= 4 is 14.2 Å². The Hall–Kier alpha value is -1.33. The Morgan fingerprint density at radius 1 is 1.26 bits per heavy atom. The largest absolute Gasteiger partial charge is 0.497 e. The normalized spacial score (nSPS) is 18.9. The Morgan fingerprint density at radius 3 is 2.57 bits per heavy atom. The number of amides is 1. The summed E-state index contributed by atoms with van der Waals surface area (Å²) >= 11 is 0. The summed E-state index contributed by atoms with van der Waals surface area (Å²) in [7, 11) is -0.158. The number of rotatable bonds is 4. The SMILES string of the molecule is COc1ccc2c(c1)CC(=O)N[C@H](CO[Si](C)(C)C(C)(C)C)C2. The van der Waals surface area contributed by atoms with Crippen LogP contribution in [0.25, 0.3) is 0 Å². The van der Waals surface area contributed by atoms with Crippen molar-refractivity contribution in [2.45, 2.75) is 57.8 Å². The molecule has 1 amide bonds. The van der Waals surface area contributed by atoms with Gasteiger partial charge in [-0.2, -0.15) is 0 Å². The van der Waals surface area contributed by atoms with Crippen LogP contribution in [0.5, 0.6) is 5.75 Å². The summed E-state index contributed by atoms with van der Waals surface area (Å²) in [5.41, 5.74) is 2.25. The summed E-state index contributed by atoms with van der Waals surface area (Å²) in [4.78, 5) is 12.2. The van der Waals surface area contributed by atoms with E-state index in [9.17, 15) is 4.79 Å². The molecule has 0 unspecified atom stereocenters. The number of fused-ring (bicyclic) bond motifs is 1. The first kappa shape index (κ1) is 18.0. The predicted molar refractivity (Wildman–Crippen MR) is 95.5 cm³/mol. The van der Waals surface area contributed by atoms with Crippen molar-refractivity contribution in [2.75, 3.05) is 13.7 Å². The summed E-state index contributed by atoms with van der Waals surface area (Å²) in [6, 6.07) is 6.02. The van der Waals surface area contributed by atoms with Gasteiger partial charge in [0.05, 0.1) is 26.2 Å². The van der Waals surface area contributed by atoms with E-state index in [1.807, 2.05) is 12.1 Å². The average Bonchev–Trinajstić information content (AvgIpc) is 2.60. The van der Waals surface area contributed by atoms with Crippen LogP contribution >= 0.6 is 0 Å². The zero-order chi connectivity index (χ0) is 17.3. The Kier molecular flexibility index (Phi) is 5.21. The molecule has 1 heterocycles. The van der Waals surface area contributed by atoms with Gasteiger partial charge in [-0.05, 0) is 47.8 Å². The summed E-state index contributed by atoms with van der Waals surface area (Å²) < 4.78 is 11.6. The first-order chi connectivity index (χ1) is 10.6. The summed E-state index contributed by atoms with van der Waals surface area (Å²) in [5.74, 6) is 0.855. The molecule has 0 aromatic heterocycles. The van der Waals surface area contributed by atoms with Crippen molar-refractivity contribution in [3.05, 3.63) is 29.3 Å². The molecular weight excluding hydrogens is 306 g/mol. The molecule has 1 aliphatic rings. The molecule has 23 heavy (non-hydrogen) atoms. The number of benzene rings is 1. The van der Waals surface area contributed by atoms with Gasteiger partial charge in [0.1, 0.15) is 5.75 Å². The van der Waals surface area contributed by atoms with Crippen LogP contribution in [-0.4, -0.2) is 34.0 Å². The lowest BCUT2D eigenvalue weighted by atomic mass is 10.0. The third-order valence-corrected chi connectivity index (χ3v) is 9.55. The second-order valence-electron chi connectivity index (χ2n) is 7.85. The molecule has 0 fully saturated rings. The minimum atomic E-state index is -1.80. The van der Waals surface area contributed by atoms with E-state index in [1.165, 1.54) is 5.56 Å². The van der Waals surface area contributed by atoms with E-state index in [2.05, 4.69) is 45.2 Å². The summed E-state index contributed by atoms with van der Waals surface area (Å²) in [5, 5.41) is 3.28. The maximum Gasteiger partial charge on any atom is 0.224 e. The van der Waals surface area contributed by atoms with Gasteiger partial charge in [-0.25, -0.2) is 0 Å². The lowest BCUT2D eigenvalue weighted by molar-refractivity contribution is -0.121. The summed E-state index contributed by atoms with van der Waals surface area (Å²) in [6.07, 6.45) is 1.21. The Morgan fingerprint density at radius 2 is 1.96 bits per heavy atom. The molecule has 128 valence electrons. The molecule has 1 aromatic carbocycles. The van der Waals surface area contributed by atoms with Crippen LogP contribution in [0.4, 0.5) is 0 Å². The molecular formula is C18H29NO3Si. The minimum absolute atomic E-state index is 0.0336. The van der Waals surface area contributed by atoms with E-state index in [-0.39, 0.29) is 17.0 Å². The molecule has 1 aliphatic heterocycles. The van der Waals surface area contributed by atoms with Gasteiger partial charge in [0.2, 0.25) is 5.91 Å². The van der Waals surface area contributed by atoms with E-state index in [0.29, 0.717) is 13.0 Å². The molecule has 0 saturated carbocycles. The minimum Gasteiger partial charge on any atom is -0.497 e. The van der Waals surface area contributed by atoms with Crippen LogP contribution in [0, 0.1) is 0 Å². The molecule has 2 rings (SSSR count). The van der Waals surface area contributed by atoms with Gasteiger partial charge >= 0.3 is 0 Å². The lowest BCUT2D eigenvalue weighted by Crippen LogP contribution is -2.46. The van der Waals surface area contributed by atoms with Crippen LogP contribution in [-0.2, 0) is 22.1 Å². The van der Waals surface area contributed by atoms with Gasteiger partial charge < -0.3 is 14.5 Å². The van der Waals surface area contributed by atoms with E-state index in [0.717, 1.165) is 17.7 Å². The molecule has 1 N–H and O–H groups in total. The molecule has 0 radical (unpaired) electrons. The quantitative estimate of drug-likeness (QED) is 0.859. The third kappa shape index (κ3) is 4.35. The van der Waals surface area contributed by atoms with Crippen LogP contribution in [0.2, 0.25) is 18.1 Å². The van der Waals surface area contributed by atoms with E-state index in [4.69, 9.17) is 9.16 Å². The Bertz CT molecular complexity index is 578. The Labute approximate surface area is 140 Å². The van der Waals surface area contributed by atoms with Crippen molar-refractivity contribution in [3.8, 4) is 5.75 Å². The molecule has 4 nitrogen and oxygen atoms in total. The number of carbonyl (C=O) groups is 1. The van der Waals surface area contributed by atoms with Crippen LogP contribution in [0.1, 0.15) is 31.9 Å². The van der Waals surface area contributed by atoms with Crippen LogP contribution in [0.15, 0.2) is 18.2 Å². The Balaban J connectivity index is 2.11. The maximum absolute atomic E-state index is 12.2. The fourth-order valence-corrected chi connectivity index (χ4v) is 3.54. The molecule has 0 bridgehead atoms. The monoisotopic (exact) mass is 335 g/mol. The number of hydrogen-bond donors (Lipinski definition) is 1. The van der Waals surface area contributed by atoms with Crippen LogP contribution < -0.4 is 10.1 Å². The van der Waals surface area contributed by atoms with Gasteiger partial charge in [-0.1, -0.05) is 26.8 Å². The highest BCUT2D eigenvalue weighted by Gasteiger charge is 2.38. The summed E-state index contributed by atoms with van der Waals surface area (Å²) in [6.45, 7) is 11.7. The highest BCUT2D eigenvalue weighted by atomic mass is 28.4. The topological polar surface area (TPSA) is 47.6 Å². The number of ether oxygens (including phenoxy) is 1. The highest BCUT2D eigenvalue weighted by molar-refractivity contribution is 6.74. The van der Waals surface area contributed by atoms with E-state index < -0.39 is 8.32 Å². The smallest absolute Gasteiger partial charge is 0.224 e. The van der Waals surface area contributed by atoms with Crippen molar-refractivity contribution in [3.63, 3.8) is 0 Å². The highest BCUT2D eigenvalue weighted by Crippen LogP contribution is 2.36. The fraction of sp³-hybridized carbons (Fsp3) is 0.611. The van der Waals surface area contributed by atoms with Crippen molar-refractivity contribution < 1.29 is 14.0 Å². The molecule has 0 saturated heterocycles. The first-order valence-corrected chi connectivity index (χ1v) is 11.1. The first-order valence-electron chi connectivity index (χ1n) is 8.21. The average molecular weight is 336 g/mol. The fourth-order valence-electron chi connectivity index (χ4n) is 2.49. The lowest BCUT2D eigenvalue weighted by Gasteiger charge is -2.37. The van der Waals surface area contributed by atoms with Gasteiger partial charge in [0.15, 0.2) is 8.32 Å². The second-order valence-corrected chi connectivity index (χ2v) is 12.7. The van der Waals surface area contributed by atoms with Gasteiger partial charge in [-0.3, -0.25) is 4.79 Å².